The molecule has 0 unspecified atom stereocenters. The molecule has 0 aliphatic heterocycles. The van der Waals surface area contributed by atoms with Gasteiger partial charge in [-0.3, -0.25) is 0 Å². The van der Waals surface area contributed by atoms with Crippen LogP contribution in [0.5, 0.6) is 0 Å². The third-order valence-electron chi connectivity index (χ3n) is 3.66. The molecule has 1 atom stereocenters. The van der Waals surface area contributed by atoms with Crippen molar-refractivity contribution < 1.29 is 5.11 Å². The van der Waals surface area contributed by atoms with Gasteiger partial charge in [-0.25, -0.2) is 0 Å². The zero-order chi connectivity index (χ0) is 12.3. The van der Waals surface area contributed by atoms with E-state index in [1.165, 1.54) is 5.56 Å². The molecule has 1 aromatic carbocycles. The molecule has 1 aliphatic rings. The van der Waals surface area contributed by atoms with E-state index < -0.39 is 0 Å². The van der Waals surface area contributed by atoms with Crippen LogP contribution >= 0.6 is 11.6 Å². The molecular weight excluding hydrogens is 234 g/mol. The van der Waals surface area contributed by atoms with Crippen molar-refractivity contribution in [3.63, 3.8) is 0 Å². The van der Waals surface area contributed by atoms with Gasteiger partial charge in [-0.2, -0.15) is 0 Å². The van der Waals surface area contributed by atoms with Gasteiger partial charge >= 0.3 is 0 Å². The van der Waals surface area contributed by atoms with Crippen molar-refractivity contribution in [1.29, 1.82) is 0 Å². The van der Waals surface area contributed by atoms with Crippen molar-refractivity contribution >= 4 is 11.6 Å². The largest absolute Gasteiger partial charge is 0.395 e. The summed E-state index contributed by atoms with van der Waals surface area (Å²) in [4.78, 5) is 0. The number of rotatable bonds is 5. The Morgan fingerprint density at radius 1 is 1.35 bits per heavy atom. The van der Waals surface area contributed by atoms with Crippen LogP contribution in [0.15, 0.2) is 24.3 Å². The maximum absolute atomic E-state index is 9.13. The fraction of sp³-hybridized carbons (Fsp3) is 0.571. The topological polar surface area (TPSA) is 32.3 Å². The number of aliphatic hydroxyl groups excluding tert-OH is 1. The van der Waals surface area contributed by atoms with Gasteiger partial charge in [0.05, 0.1) is 6.61 Å². The predicted molar refractivity (Wildman–Crippen MR) is 71.5 cm³/mol. The number of benzene rings is 1. The van der Waals surface area contributed by atoms with E-state index in [4.69, 9.17) is 16.7 Å². The molecule has 1 aliphatic carbocycles. The Labute approximate surface area is 108 Å². The van der Waals surface area contributed by atoms with Crippen LogP contribution in [0, 0.1) is 0 Å². The van der Waals surface area contributed by atoms with Crippen molar-refractivity contribution in [2.24, 2.45) is 0 Å². The first-order valence-electron chi connectivity index (χ1n) is 6.35. The second-order valence-corrected chi connectivity index (χ2v) is 5.31. The molecule has 0 radical (unpaired) electrons. The Morgan fingerprint density at radius 2 is 2.00 bits per heavy atom. The highest BCUT2D eigenvalue weighted by molar-refractivity contribution is 6.30. The van der Waals surface area contributed by atoms with E-state index in [1.807, 2.05) is 12.1 Å². The number of halogens is 1. The molecule has 1 saturated carbocycles. The predicted octanol–water partition coefficient (Wildman–Crippen LogP) is 2.95. The first-order chi connectivity index (χ1) is 8.22. The van der Waals surface area contributed by atoms with Gasteiger partial charge in [0, 0.05) is 17.1 Å². The number of hydrogen-bond acceptors (Lipinski definition) is 2. The molecular formula is C14H20ClNO. The number of hydrogen-bond donors (Lipinski definition) is 2. The normalized spacial score (nSPS) is 25.4. The molecule has 0 heterocycles. The standard InChI is InChI=1S/C14H20ClNO/c1-2-13(9-17)16-14-7-11(8-14)10-3-5-12(15)6-4-10/h3-6,11,13-14,16-17H,2,7-9H2,1H3/t11?,13-,14?/m1/s1. The van der Waals surface area contributed by atoms with Crippen LogP contribution < -0.4 is 5.32 Å². The quantitative estimate of drug-likeness (QED) is 0.846. The highest BCUT2D eigenvalue weighted by atomic mass is 35.5. The Hall–Kier alpha value is -0.570. The van der Waals surface area contributed by atoms with Gasteiger partial charge in [-0.05, 0) is 42.9 Å². The van der Waals surface area contributed by atoms with E-state index in [0.29, 0.717) is 12.0 Å². The zero-order valence-electron chi connectivity index (χ0n) is 10.2. The molecule has 0 bridgehead atoms. The molecule has 0 spiro atoms. The lowest BCUT2D eigenvalue weighted by Crippen LogP contribution is -2.46. The molecule has 2 nitrogen and oxygen atoms in total. The minimum absolute atomic E-state index is 0.235. The SMILES string of the molecule is CC[C@H](CO)NC1CC(c2ccc(Cl)cc2)C1. The zero-order valence-corrected chi connectivity index (χ0v) is 11.0. The van der Waals surface area contributed by atoms with E-state index in [1.54, 1.807) is 0 Å². The van der Waals surface area contributed by atoms with Crippen molar-refractivity contribution in [3.05, 3.63) is 34.9 Å². The van der Waals surface area contributed by atoms with Crippen molar-refractivity contribution in [2.45, 2.75) is 44.2 Å². The van der Waals surface area contributed by atoms with Gasteiger partial charge in [-0.1, -0.05) is 30.7 Å². The molecule has 94 valence electrons. The summed E-state index contributed by atoms with van der Waals surface area (Å²) < 4.78 is 0. The van der Waals surface area contributed by atoms with E-state index in [9.17, 15) is 0 Å². The van der Waals surface area contributed by atoms with Crippen molar-refractivity contribution in [3.8, 4) is 0 Å². The molecule has 2 N–H and O–H groups in total. The summed E-state index contributed by atoms with van der Waals surface area (Å²) in [6.45, 7) is 2.34. The van der Waals surface area contributed by atoms with Gasteiger partial charge in [0.2, 0.25) is 0 Å². The molecule has 0 saturated heterocycles. The lowest BCUT2D eigenvalue weighted by atomic mass is 9.75. The molecule has 0 aromatic heterocycles. The fourth-order valence-corrected chi connectivity index (χ4v) is 2.52. The Bertz CT molecular complexity index is 342. The van der Waals surface area contributed by atoms with Gasteiger partial charge in [0.15, 0.2) is 0 Å². The second-order valence-electron chi connectivity index (χ2n) is 4.87. The van der Waals surface area contributed by atoms with E-state index in [-0.39, 0.29) is 12.6 Å². The maximum Gasteiger partial charge on any atom is 0.0584 e. The lowest BCUT2D eigenvalue weighted by molar-refractivity contribution is 0.193. The van der Waals surface area contributed by atoms with E-state index in [2.05, 4.69) is 24.4 Å². The molecule has 0 amide bonds. The third-order valence-corrected chi connectivity index (χ3v) is 3.92. The minimum Gasteiger partial charge on any atom is -0.395 e. The van der Waals surface area contributed by atoms with Crippen LogP contribution in [0.4, 0.5) is 0 Å². The summed E-state index contributed by atoms with van der Waals surface area (Å²) in [5.74, 6) is 0.654. The van der Waals surface area contributed by atoms with Crippen LogP contribution in [-0.4, -0.2) is 23.8 Å². The summed E-state index contributed by atoms with van der Waals surface area (Å²) >= 11 is 5.87. The highest BCUT2D eigenvalue weighted by Crippen LogP contribution is 2.37. The summed E-state index contributed by atoms with van der Waals surface area (Å²) in [5.41, 5.74) is 1.38. The third kappa shape index (κ3) is 3.21. The average Bonchev–Trinajstić information content (AvgIpc) is 2.30. The summed E-state index contributed by atoms with van der Waals surface area (Å²) in [7, 11) is 0. The van der Waals surface area contributed by atoms with Gasteiger partial charge in [-0.15, -0.1) is 0 Å². The van der Waals surface area contributed by atoms with Crippen LogP contribution in [0.2, 0.25) is 5.02 Å². The van der Waals surface area contributed by atoms with Gasteiger partial charge in [0.1, 0.15) is 0 Å². The van der Waals surface area contributed by atoms with Crippen molar-refractivity contribution in [2.75, 3.05) is 6.61 Å². The number of nitrogens with one attached hydrogen (secondary N) is 1. The molecule has 1 aromatic rings. The molecule has 2 rings (SSSR count). The molecule has 17 heavy (non-hydrogen) atoms. The average molecular weight is 254 g/mol. The summed E-state index contributed by atoms with van der Waals surface area (Å²) in [5, 5.41) is 13.4. The first kappa shape index (κ1) is 12.9. The van der Waals surface area contributed by atoms with Gasteiger partial charge < -0.3 is 10.4 Å². The highest BCUT2D eigenvalue weighted by Gasteiger charge is 2.31. The Morgan fingerprint density at radius 3 is 2.53 bits per heavy atom. The minimum atomic E-state index is 0.235. The number of aliphatic hydroxyl groups is 1. The summed E-state index contributed by atoms with van der Waals surface area (Å²) in [6.07, 6.45) is 3.31. The maximum atomic E-state index is 9.13. The van der Waals surface area contributed by atoms with Crippen LogP contribution in [-0.2, 0) is 0 Å². The molecule has 3 heteroatoms. The monoisotopic (exact) mass is 253 g/mol. The second kappa shape index (κ2) is 5.85. The first-order valence-corrected chi connectivity index (χ1v) is 6.73. The summed E-state index contributed by atoms with van der Waals surface area (Å²) in [6, 6.07) is 8.97. The van der Waals surface area contributed by atoms with Gasteiger partial charge in [0.25, 0.3) is 0 Å². The Balaban J connectivity index is 1.80. The van der Waals surface area contributed by atoms with Crippen LogP contribution in [0.1, 0.15) is 37.7 Å². The lowest BCUT2D eigenvalue weighted by Gasteiger charge is -2.38. The van der Waals surface area contributed by atoms with Crippen molar-refractivity contribution in [1.82, 2.24) is 5.32 Å². The Kier molecular flexibility index (Phi) is 4.43. The fourth-order valence-electron chi connectivity index (χ4n) is 2.39. The van der Waals surface area contributed by atoms with E-state index in [0.717, 1.165) is 24.3 Å². The van der Waals surface area contributed by atoms with E-state index >= 15 is 0 Å². The van der Waals surface area contributed by atoms with Crippen LogP contribution in [0.3, 0.4) is 0 Å². The van der Waals surface area contributed by atoms with Crippen LogP contribution in [0.25, 0.3) is 0 Å². The smallest absolute Gasteiger partial charge is 0.0584 e. The molecule has 1 fully saturated rings.